The van der Waals surface area contributed by atoms with Gasteiger partial charge in [-0.2, -0.15) is 5.26 Å². The number of anilines is 2. The summed E-state index contributed by atoms with van der Waals surface area (Å²) < 4.78 is 5.71. The fraction of sp³-hybridized carbons (Fsp3) is 0.231. The number of hydrogen-bond donors (Lipinski definition) is 1. The van der Waals surface area contributed by atoms with Gasteiger partial charge >= 0.3 is 0 Å². The number of nitriles is 1. The molecule has 32 heavy (non-hydrogen) atoms. The maximum absolute atomic E-state index is 12.6. The van der Waals surface area contributed by atoms with Gasteiger partial charge in [0.1, 0.15) is 5.75 Å². The van der Waals surface area contributed by atoms with Gasteiger partial charge in [-0.25, -0.2) is 0 Å². The summed E-state index contributed by atoms with van der Waals surface area (Å²) in [5.41, 5.74) is 3.84. The molecule has 4 rings (SSSR count). The molecular weight excluding hydrogens is 400 g/mol. The zero-order valence-corrected chi connectivity index (χ0v) is 17.9. The molecule has 0 unspecified atom stereocenters. The lowest BCUT2D eigenvalue weighted by atomic mass is 10.1. The minimum atomic E-state index is 0.00881. The lowest BCUT2D eigenvalue weighted by Crippen LogP contribution is -2.49. The molecule has 0 atom stereocenters. The van der Waals surface area contributed by atoms with Crippen molar-refractivity contribution in [2.24, 2.45) is 0 Å². The van der Waals surface area contributed by atoms with Crippen molar-refractivity contribution in [2.45, 2.75) is 6.54 Å². The molecule has 6 heteroatoms. The van der Waals surface area contributed by atoms with Gasteiger partial charge in [0.15, 0.2) is 6.61 Å². The van der Waals surface area contributed by atoms with E-state index in [1.807, 2.05) is 83.8 Å². The van der Waals surface area contributed by atoms with Crippen LogP contribution in [0.2, 0.25) is 0 Å². The van der Waals surface area contributed by atoms with E-state index in [2.05, 4.69) is 16.3 Å². The van der Waals surface area contributed by atoms with Crippen molar-refractivity contribution in [3.8, 4) is 11.8 Å². The fourth-order valence-corrected chi connectivity index (χ4v) is 3.66. The molecule has 1 amide bonds. The van der Waals surface area contributed by atoms with Gasteiger partial charge in [0, 0.05) is 44.1 Å². The van der Waals surface area contributed by atoms with Crippen LogP contribution < -0.4 is 10.1 Å². The van der Waals surface area contributed by atoms with Gasteiger partial charge in [-0.1, -0.05) is 30.3 Å². The molecule has 1 saturated heterocycles. The van der Waals surface area contributed by atoms with Crippen molar-refractivity contribution in [2.75, 3.05) is 38.1 Å². The average molecular weight is 427 g/mol. The van der Waals surface area contributed by atoms with Crippen molar-refractivity contribution in [1.29, 1.82) is 5.26 Å². The number of ether oxygens (including phenoxy) is 1. The Hall–Kier alpha value is -3.82. The fourth-order valence-electron chi connectivity index (χ4n) is 3.66. The van der Waals surface area contributed by atoms with E-state index in [4.69, 9.17) is 10.00 Å². The van der Waals surface area contributed by atoms with Gasteiger partial charge in [0.05, 0.1) is 11.6 Å². The molecule has 0 aliphatic carbocycles. The van der Waals surface area contributed by atoms with Crippen LogP contribution in [-0.2, 0) is 11.3 Å². The molecule has 0 spiro atoms. The molecule has 162 valence electrons. The van der Waals surface area contributed by atoms with Gasteiger partial charge < -0.3 is 15.0 Å². The molecule has 3 aromatic rings. The summed E-state index contributed by atoms with van der Waals surface area (Å²) in [5, 5.41) is 12.2. The highest BCUT2D eigenvalue weighted by molar-refractivity contribution is 5.78. The molecule has 1 aliphatic heterocycles. The van der Waals surface area contributed by atoms with Crippen LogP contribution in [0.1, 0.15) is 11.1 Å². The van der Waals surface area contributed by atoms with Crippen LogP contribution in [-0.4, -0.2) is 48.5 Å². The summed E-state index contributed by atoms with van der Waals surface area (Å²) in [4.78, 5) is 16.7. The van der Waals surface area contributed by atoms with Crippen molar-refractivity contribution in [3.63, 3.8) is 0 Å². The molecule has 0 radical (unpaired) electrons. The predicted octanol–water partition coefficient (Wildman–Crippen LogP) is 4.03. The smallest absolute Gasteiger partial charge is 0.260 e. The Kier molecular flexibility index (Phi) is 7.01. The lowest BCUT2D eigenvalue weighted by molar-refractivity contribution is -0.135. The number of amides is 1. The molecule has 1 fully saturated rings. The first-order valence-electron chi connectivity index (χ1n) is 10.7. The molecule has 1 aliphatic rings. The Morgan fingerprint density at radius 1 is 0.875 bits per heavy atom. The van der Waals surface area contributed by atoms with E-state index in [9.17, 15) is 4.79 Å². The van der Waals surface area contributed by atoms with E-state index in [0.717, 1.165) is 31.0 Å². The van der Waals surface area contributed by atoms with Gasteiger partial charge in [-0.15, -0.1) is 0 Å². The number of nitrogens with one attached hydrogen (secondary N) is 1. The number of carbonyl (C=O) groups is 1. The van der Waals surface area contributed by atoms with E-state index in [1.54, 1.807) is 0 Å². The Bertz CT molecular complexity index is 1050. The average Bonchev–Trinajstić information content (AvgIpc) is 2.85. The number of para-hydroxylation sites is 1. The summed E-state index contributed by atoms with van der Waals surface area (Å²) in [5.74, 6) is 0.686. The third-order valence-electron chi connectivity index (χ3n) is 5.49. The second-order valence-electron chi connectivity index (χ2n) is 7.77. The summed E-state index contributed by atoms with van der Waals surface area (Å²) in [6, 6.07) is 27.4. The largest absolute Gasteiger partial charge is 0.484 e. The zero-order valence-electron chi connectivity index (χ0n) is 17.9. The summed E-state index contributed by atoms with van der Waals surface area (Å²) >= 11 is 0. The second-order valence-corrected chi connectivity index (χ2v) is 7.77. The minimum Gasteiger partial charge on any atom is -0.484 e. The van der Waals surface area contributed by atoms with Gasteiger partial charge in [-0.05, 0) is 54.1 Å². The molecule has 1 N–H and O–H groups in total. The van der Waals surface area contributed by atoms with Crippen LogP contribution in [0, 0.1) is 11.3 Å². The summed E-state index contributed by atoms with van der Waals surface area (Å²) in [6.07, 6.45) is 0. The van der Waals surface area contributed by atoms with Gasteiger partial charge in [-0.3, -0.25) is 9.69 Å². The van der Waals surface area contributed by atoms with Gasteiger partial charge in [0.25, 0.3) is 5.91 Å². The van der Waals surface area contributed by atoms with E-state index in [1.165, 1.54) is 5.56 Å². The zero-order chi connectivity index (χ0) is 22.2. The predicted molar refractivity (Wildman–Crippen MR) is 125 cm³/mol. The van der Waals surface area contributed by atoms with Gasteiger partial charge in [0.2, 0.25) is 0 Å². The summed E-state index contributed by atoms with van der Waals surface area (Å²) in [6.45, 7) is 3.91. The quantitative estimate of drug-likeness (QED) is 0.618. The van der Waals surface area contributed by atoms with Crippen LogP contribution in [0.4, 0.5) is 11.4 Å². The Labute approximate surface area is 188 Å². The Balaban J connectivity index is 1.20. The Morgan fingerprint density at radius 3 is 2.19 bits per heavy atom. The molecule has 6 nitrogen and oxygen atoms in total. The van der Waals surface area contributed by atoms with Crippen molar-refractivity contribution >= 4 is 17.3 Å². The Morgan fingerprint density at radius 2 is 1.53 bits per heavy atom. The van der Waals surface area contributed by atoms with Crippen LogP contribution >= 0.6 is 0 Å². The number of rotatable bonds is 7. The first kappa shape index (κ1) is 21.4. The molecule has 0 aromatic heterocycles. The summed E-state index contributed by atoms with van der Waals surface area (Å²) in [7, 11) is 0. The van der Waals surface area contributed by atoms with Crippen molar-refractivity contribution in [3.05, 3.63) is 90.0 Å². The maximum atomic E-state index is 12.6. The van der Waals surface area contributed by atoms with E-state index in [0.29, 0.717) is 24.4 Å². The molecule has 1 heterocycles. The van der Waals surface area contributed by atoms with E-state index < -0.39 is 0 Å². The van der Waals surface area contributed by atoms with E-state index >= 15 is 0 Å². The highest BCUT2D eigenvalue weighted by Crippen LogP contribution is 2.20. The normalized spacial score (nSPS) is 13.9. The third-order valence-corrected chi connectivity index (χ3v) is 5.49. The standard InChI is InChI=1S/C26H26N4O2/c27-18-21-6-8-22(9-7-21)19-29-14-16-30(17-15-29)26(31)20-32-25-12-10-24(11-13-25)28-23-4-2-1-3-5-23/h1-13,28H,14-17,19-20H2. The highest BCUT2D eigenvalue weighted by atomic mass is 16.5. The number of carbonyl (C=O) groups excluding carboxylic acids is 1. The number of hydrogen-bond acceptors (Lipinski definition) is 5. The monoisotopic (exact) mass is 426 g/mol. The first-order valence-corrected chi connectivity index (χ1v) is 10.7. The van der Waals surface area contributed by atoms with Crippen LogP contribution in [0.5, 0.6) is 5.75 Å². The molecule has 3 aromatic carbocycles. The van der Waals surface area contributed by atoms with Crippen molar-refractivity contribution in [1.82, 2.24) is 9.80 Å². The highest BCUT2D eigenvalue weighted by Gasteiger charge is 2.21. The van der Waals surface area contributed by atoms with Crippen molar-refractivity contribution < 1.29 is 9.53 Å². The van der Waals surface area contributed by atoms with E-state index in [-0.39, 0.29) is 12.5 Å². The lowest BCUT2D eigenvalue weighted by Gasteiger charge is -2.34. The van der Waals surface area contributed by atoms with Crippen LogP contribution in [0.15, 0.2) is 78.9 Å². The number of benzene rings is 3. The third kappa shape index (κ3) is 5.87. The molecule has 0 saturated carbocycles. The topological polar surface area (TPSA) is 68.6 Å². The van der Waals surface area contributed by atoms with Crippen LogP contribution in [0.3, 0.4) is 0 Å². The van der Waals surface area contributed by atoms with Crippen LogP contribution in [0.25, 0.3) is 0 Å². The number of nitrogens with zero attached hydrogens (tertiary/aromatic N) is 3. The first-order chi connectivity index (χ1) is 15.7. The molecular formula is C26H26N4O2. The SMILES string of the molecule is N#Cc1ccc(CN2CCN(C(=O)COc3ccc(Nc4ccccc4)cc3)CC2)cc1. The molecule has 0 bridgehead atoms. The number of piperazine rings is 1. The maximum Gasteiger partial charge on any atom is 0.260 e. The minimum absolute atomic E-state index is 0.00881. The second kappa shape index (κ2) is 10.5.